The summed E-state index contributed by atoms with van der Waals surface area (Å²) in [5, 5.41) is 7.18. The molecule has 1 heterocycles. The minimum Gasteiger partial charge on any atom is -0.323 e. The van der Waals surface area contributed by atoms with E-state index in [1.54, 1.807) is 49.4 Å². The van der Waals surface area contributed by atoms with Crippen LogP contribution in [0.1, 0.15) is 5.56 Å². The van der Waals surface area contributed by atoms with Crippen molar-refractivity contribution in [2.75, 3.05) is 22.4 Å². The van der Waals surface area contributed by atoms with E-state index in [0.717, 1.165) is 16.1 Å². The number of carbonyl (C=O) groups excluding carboxylic acids is 1. The summed E-state index contributed by atoms with van der Waals surface area (Å²) >= 11 is 6.05. The lowest BCUT2D eigenvalue weighted by molar-refractivity contribution is -0.114. The van der Waals surface area contributed by atoms with Crippen LogP contribution in [-0.4, -0.2) is 41.9 Å². The highest BCUT2D eigenvalue weighted by Gasteiger charge is 2.22. The molecule has 0 saturated carbocycles. The number of rotatable bonds is 6. The Morgan fingerprint density at radius 3 is 2.64 bits per heavy atom. The molecule has 1 aromatic heterocycles. The van der Waals surface area contributed by atoms with E-state index in [0.29, 0.717) is 22.1 Å². The fraction of sp³-hybridized carbons (Fsp3) is 0.167. The van der Waals surface area contributed by atoms with Crippen molar-refractivity contribution >= 4 is 38.9 Å². The van der Waals surface area contributed by atoms with Crippen LogP contribution in [0.15, 0.2) is 55.1 Å². The molecule has 0 aliphatic heterocycles. The summed E-state index contributed by atoms with van der Waals surface area (Å²) in [5.74, 6) is -0.516. The summed E-state index contributed by atoms with van der Waals surface area (Å²) in [6, 6.07) is 11.9. The fourth-order valence-electron chi connectivity index (χ4n) is 2.69. The number of para-hydroxylation sites is 1. The highest BCUT2D eigenvalue weighted by atomic mass is 35.5. The lowest BCUT2D eigenvalue weighted by Crippen LogP contribution is -2.38. The van der Waals surface area contributed by atoms with Crippen molar-refractivity contribution in [2.24, 2.45) is 0 Å². The number of hydrogen-bond acceptors (Lipinski definition) is 5. The van der Waals surface area contributed by atoms with Gasteiger partial charge in [0, 0.05) is 5.02 Å². The van der Waals surface area contributed by atoms with Gasteiger partial charge in [0.1, 0.15) is 19.2 Å². The summed E-state index contributed by atoms with van der Waals surface area (Å²) in [6.45, 7) is 1.40. The second-order valence-electron chi connectivity index (χ2n) is 6.11. The van der Waals surface area contributed by atoms with E-state index < -0.39 is 15.9 Å². The summed E-state index contributed by atoms with van der Waals surface area (Å²) < 4.78 is 27.1. The molecule has 28 heavy (non-hydrogen) atoms. The summed E-state index contributed by atoms with van der Waals surface area (Å²) in [5.41, 5.74) is 2.13. The minimum absolute atomic E-state index is 0.382. The maximum atomic E-state index is 12.7. The lowest BCUT2D eigenvalue weighted by Gasteiger charge is -2.23. The molecule has 0 saturated heterocycles. The fourth-order valence-corrected chi connectivity index (χ4v) is 3.77. The third-order valence-corrected chi connectivity index (χ3v) is 5.33. The van der Waals surface area contributed by atoms with Crippen LogP contribution >= 0.6 is 11.6 Å². The molecule has 0 atom stereocenters. The summed E-state index contributed by atoms with van der Waals surface area (Å²) in [7, 11) is -3.67. The number of nitrogens with zero attached hydrogens (tertiary/aromatic N) is 4. The Bertz CT molecular complexity index is 1100. The first kappa shape index (κ1) is 19.8. The molecule has 2 aromatic carbocycles. The Morgan fingerprint density at radius 1 is 1.25 bits per heavy atom. The van der Waals surface area contributed by atoms with Gasteiger partial charge in [-0.3, -0.25) is 9.10 Å². The molecular formula is C18H18ClN5O3S. The van der Waals surface area contributed by atoms with Crippen LogP contribution in [-0.2, 0) is 14.8 Å². The van der Waals surface area contributed by atoms with Crippen molar-refractivity contribution in [3.8, 4) is 5.69 Å². The Balaban J connectivity index is 1.89. The van der Waals surface area contributed by atoms with E-state index in [1.165, 1.54) is 17.3 Å². The Labute approximate surface area is 167 Å². The first-order valence-electron chi connectivity index (χ1n) is 8.23. The zero-order valence-electron chi connectivity index (χ0n) is 15.2. The number of hydrogen-bond donors (Lipinski definition) is 1. The predicted octanol–water partition coefficient (Wildman–Crippen LogP) is 2.63. The van der Waals surface area contributed by atoms with E-state index in [9.17, 15) is 13.2 Å². The van der Waals surface area contributed by atoms with E-state index in [-0.39, 0.29) is 6.54 Å². The Morgan fingerprint density at radius 2 is 2.00 bits per heavy atom. The van der Waals surface area contributed by atoms with Gasteiger partial charge in [-0.15, -0.1) is 0 Å². The molecule has 0 aliphatic rings. The molecule has 0 fully saturated rings. The first-order valence-corrected chi connectivity index (χ1v) is 10.5. The zero-order valence-corrected chi connectivity index (χ0v) is 16.8. The number of carbonyl (C=O) groups is 1. The highest BCUT2D eigenvalue weighted by Crippen LogP contribution is 2.25. The molecule has 146 valence electrons. The lowest BCUT2D eigenvalue weighted by atomic mass is 10.2. The number of nitrogens with one attached hydrogen (secondary N) is 1. The molecule has 0 aliphatic carbocycles. The molecular weight excluding hydrogens is 402 g/mol. The smallest absolute Gasteiger partial charge is 0.245 e. The van der Waals surface area contributed by atoms with E-state index in [2.05, 4.69) is 15.4 Å². The van der Waals surface area contributed by atoms with Gasteiger partial charge in [0.2, 0.25) is 15.9 Å². The van der Waals surface area contributed by atoms with Crippen molar-refractivity contribution in [1.29, 1.82) is 0 Å². The number of aryl methyl sites for hydroxylation is 1. The van der Waals surface area contributed by atoms with Crippen LogP contribution in [0.5, 0.6) is 0 Å². The number of sulfonamides is 1. The molecule has 1 N–H and O–H groups in total. The molecule has 1 amide bonds. The first-order chi connectivity index (χ1) is 13.3. The van der Waals surface area contributed by atoms with Crippen LogP contribution < -0.4 is 9.62 Å². The van der Waals surface area contributed by atoms with Gasteiger partial charge < -0.3 is 5.32 Å². The van der Waals surface area contributed by atoms with Crippen molar-refractivity contribution in [3.63, 3.8) is 0 Å². The molecule has 8 nitrogen and oxygen atoms in total. The Hall–Kier alpha value is -2.91. The number of anilines is 2. The average molecular weight is 420 g/mol. The van der Waals surface area contributed by atoms with Gasteiger partial charge >= 0.3 is 0 Å². The summed E-state index contributed by atoms with van der Waals surface area (Å²) in [6.07, 6.45) is 3.91. The second kappa shape index (κ2) is 7.99. The standard InChI is InChI=1S/C18H18ClN5O3S/c1-13-5-3-4-6-16(13)24(28(2,26)27)10-18(25)22-15-9-14(19)7-8-17(15)23-12-20-11-21-23/h3-9,11-12H,10H2,1-2H3,(H,22,25). The number of halogens is 1. The van der Waals surface area contributed by atoms with E-state index in [4.69, 9.17) is 11.6 Å². The van der Waals surface area contributed by atoms with Crippen LogP contribution in [0.2, 0.25) is 5.02 Å². The topological polar surface area (TPSA) is 97.2 Å². The second-order valence-corrected chi connectivity index (χ2v) is 8.45. The van der Waals surface area contributed by atoms with Crippen LogP contribution in [0.4, 0.5) is 11.4 Å². The largest absolute Gasteiger partial charge is 0.323 e. The number of aromatic nitrogens is 3. The monoisotopic (exact) mass is 419 g/mol. The predicted molar refractivity (Wildman–Crippen MR) is 108 cm³/mol. The van der Waals surface area contributed by atoms with Crippen molar-refractivity contribution < 1.29 is 13.2 Å². The van der Waals surface area contributed by atoms with Crippen molar-refractivity contribution in [3.05, 3.63) is 65.7 Å². The van der Waals surface area contributed by atoms with Gasteiger partial charge in [-0.1, -0.05) is 29.8 Å². The molecule has 0 bridgehead atoms. The quantitative estimate of drug-likeness (QED) is 0.662. The average Bonchev–Trinajstić information content (AvgIpc) is 3.14. The van der Waals surface area contributed by atoms with E-state index in [1.807, 2.05) is 0 Å². The third-order valence-electron chi connectivity index (χ3n) is 3.97. The molecule has 0 spiro atoms. The van der Waals surface area contributed by atoms with Crippen LogP contribution in [0.25, 0.3) is 5.69 Å². The van der Waals surface area contributed by atoms with Crippen molar-refractivity contribution in [2.45, 2.75) is 6.92 Å². The van der Waals surface area contributed by atoms with Gasteiger partial charge in [0.25, 0.3) is 0 Å². The molecule has 0 unspecified atom stereocenters. The van der Waals surface area contributed by atoms with Crippen molar-refractivity contribution in [1.82, 2.24) is 14.8 Å². The third kappa shape index (κ3) is 4.49. The maximum Gasteiger partial charge on any atom is 0.245 e. The van der Waals surface area contributed by atoms with E-state index >= 15 is 0 Å². The van der Waals surface area contributed by atoms with Gasteiger partial charge in [-0.2, -0.15) is 5.10 Å². The van der Waals surface area contributed by atoms with Gasteiger partial charge in [0.15, 0.2) is 0 Å². The minimum atomic E-state index is -3.67. The molecule has 10 heteroatoms. The maximum absolute atomic E-state index is 12.7. The van der Waals surface area contributed by atoms with Gasteiger partial charge in [-0.25, -0.2) is 18.1 Å². The number of amides is 1. The SMILES string of the molecule is Cc1ccccc1N(CC(=O)Nc1cc(Cl)ccc1-n1cncn1)S(C)(=O)=O. The van der Waals surface area contributed by atoms with Gasteiger partial charge in [0.05, 0.1) is 23.3 Å². The summed E-state index contributed by atoms with van der Waals surface area (Å²) in [4.78, 5) is 16.6. The number of benzene rings is 2. The highest BCUT2D eigenvalue weighted by molar-refractivity contribution is 7.92. The molecule has 0 radical (unpaired) electrons. The van der Waals surface area contributed by atoms with Crippen LogP contribution in [0, 0.1) is 6.92 Å². The normalized spacial score (nSPS) is 11.2. The Kier molecular flexibility index (Phi) is 5.66. The van der Waals surface area contributed by atoms with Gasteiger partial charge in [-0.05, 0) is 36.8 Å². The van der Waals surface area contributed by atoms with Crippen LogP contribution in [0.3, 0.4) is 0 Å². The zero-order chi connectivity index (χ0) is 20.3. The molecule has 3 rings (SSSR count). The molecule has 3 aromatic rings.